The molecule has 1 saturated heterocycles. The first kappa shape index (κ1) is 20.4. The average molecular weight is 433 g/mol. The minimum atomic E-state index is -0.490. The molecule has 1 aliphatic rings. The van der Waals surface area contributed by atoms with Crippen molar-refractivity contribution in [3.05, 3.63) is 65.7 Å². The van der Waals surface area contributed by atoms with Crippen LogP contribution in [0.4, 0.5) is 10.3 Å². The molecule has 1 aliphatic heterocycles. The number of fused-ring (bicyclic) bond motifs is 3. The second kappa shape index (κ2) is 7.85. The van der Waals surface area contributed by atoms with Crippen LogP contribution in [0.5, 0.6) is 0 Å². The first-order valence-electron chi connectivity index (χ1n) is 10.9. The van der Waals surface area contributed by atoms with Gasteiger partial charge in [-0.25, -0.2) is 13.8 Å². The molecule has 3 heterocycles. The largest absolute Gasteiger partial charge is 0.338 e. The number of carbonyl (C=O) groups excluding carboxylic acids is 1. The van der Waals surface area contributed by atoms with Gasteiger partial charge in [-0.15, -0.1) is 10.2 Å². The van der Waals surface area contributed by atoms with Crippen LogP contribution in [-0.2, 0) is 0 Å². The highest BCUT2D eigenvalue weighted by Crippen LogP contribution is 2.28. The molecule has 8 heteroatoms. The fourth-order valence-corrected chi connectivity index (χ4v) is 4.40. The predicted molar refractivity (Wildman–Crippen MR) is 121 cm³/mol. The Kier molecular flexibility index (Phi) is 5.00. The summed E-state index contributed by atoms with van der Waals surface area (Å²) in [6.45, 7) is 7.80. The van der Waals surface area contributed by atoms with Gasteiger partial charge in [-0.1, -0.05) is 38.1 Å². The maximum atomic E-state index is 14.2. The zero-order chi connectivity index (χ0) is 22.4. The van der Waals surface area contributed by atoms with Gasteiger partial charge in [0.1, 0.15) is 11.6 Å². The van der Waals surface area contributed by atoms with Gasteiger partial charge in [0.25, 0.3) is 5.91 Å². The van der Waals surface area contributed by atoms with E-state index in [0.717, 1.165) is 28.3 Å². The van der Waals surface area contributed by atoms with Crippen LogP contribution >= 0.6 is 0 Å². The molecule has 5 rings (SSSR count). The summed E-state index contributed by atoms with van der Waals surface area (Å²) >= 11 is 0. The van der Waals surface area contributed by atoms with Crippen LogP contribution in [0.3, 0.4) is 0 Å². The number of anilines is 1. The first-order chi connectivity index (χ1) is 15.5. The number of hydrogen-bond donors (Lipinski definition) is 0. The molecule has 164 valence electrons. The number of rotatable bonds is 3. The molecule has 0 saturated carbocycles. The van der Waals surface area contributed by atoms with Crippen molar-refractivity contribution in [1.82, 2.24) is 24.5 Å². The summed E-state index contributed by atoms with van der Waals surface area (Å²) in [4.78, 5) is 21.9. The normalized spacial score (nSPS) is 17.0. The first-order valence-corrected chi connectivity index (χ1v) is 10.9. The van der Waals surface area contributed by atoms with E-state index < -0.39 is 5.82 Å². The minimum absolute atomic E-state index is 0.111. The second-order valence-corrected chi connectivity index (χ2v) is 8.57. The predicted octanol–water partition coefficient (Wildman–Crippen LogP) is 3.89. The van der Waals surface area contributed by atoms with E-state index in [1.807, 2.05) is 35.6 Å². The Morgan fingerprint density at radius 3 is 2.56 bits per heavy atom. The Morgan fingerprint density at radius 2 is 1.81 bits per heavy atom. The number of benzene rings is 2. The molecule has 1 unspecified atom stereocenters. The van der Waals surface area contributed by atoms with Gasteiger partial charge in [0.15, 0.2) is 5.65 Å². The van der Waals surface area contributed by atoms with E-state index in [2.05, 4.69) is 28.9 Å². The molecule has 1 amide bonds. The molecular formula is C24H25FN6O. The van der Waals surface area contributed by atoms with Crippen LogP contribution < -0.4 is 4.90 Å². The third-order valence-electron chi connectivity index (χ3n) is 6.05. The lowest BCUT2D eigenvalue weighted by molar-refractivity contribution is 0.0668. The summed E-state index contributed by atoms with van der Waals surface area (Å²) in [6, 6.07) is 13.9. The van der Waals surface area contributed by atoms with Crippen LogP contribution in [-0.4, -0.2) is 56.1 Å². The second-order valence-electron chi connectivity index (χ2n) is 8.57. The molecule has 2 aromatic heterocycles. The van der Waals surface area contributed by atoms with Gasteiger partial charge in [-0.05, 0) is 31.2 Å². The van der Waals surface area contributed by atoms with Crippen molar-refractivity contribution >= 4 is 28.4 Å². The van der Waals surface area contributed by atoms with Gasteiger partial charge in [0.2, 0.25) is 5.95 Å². The van der Waals surface area contributed by atoms with Gasteiger partial charge in [0.05, 0.1) is 11.1 Å². The minimum Gasteiger partial charge on any atom is -0.338 e. The van der Waals surface area contributed by atoms with Crippen LogP contribution in [0, 0.1) is 5.82 Å². The Balaban J connectivity index is 1.52. The third-order valence-corrected chi connectivity index (χ3v) is 6.05. The number of aromatic nitrogens is 4. The van der Waals surface area contributed by atoms with Crippen LogP contribution in [0.1, 0.15) is 42.9 Å². The maximum absolute atomic E-state index is 14.2. The van der Waals surface area contributed by atoms with Crippen molar-refractivity contribution in [2.75, 3.05) is 24.5 Å². The van der Waals surface area contributed by atoms with Gasteiger partial charge in [-0.3, -0.25) is 4.79 Å². The van der Waals surface area contributed by atoms with Crippen LogP contribution in [0.25, 0.3) is 16.6 Å². The van der Waals surface area contributed by atoms with Crippen molar-refractivity contribution in [2.24, 2.45) is 0 Å². The van der Waals surface area contributed by atoms with E-state index >= 15 is 0 Å². The number of piperazine rings is 1. The van der Waals surface area contributed by atoms with E-state index in [0.29, 0.717) is 19.6 Å². The lowest BCUT2D eigenvalue weighted by atomic mass is 10.1. The number of nitrogens with zero attached hydrogens (tertiary/aromatic N) is 6. The topological polar surface area (TPSA) is 66.6 Å². The van der Waals surface area contributed by atoms with E-state index in [4.69, 9.17) is 4.98 Å². The number of hydrogen-bond acceptors (Lipinski definition) is 5. The van der Waals surface area contributed by atoms with E-state index in [-0.39, 0.29) is 23.4 Å². The molecule has 7 nitrogen and oxygen atoms in total. The summed E-state index contributed by atoms with van der Waals surface area (Å²) in [6.07, 6.45) is 0. The van der Waals surface area contributed by atoms with Crippen molar-refractivity contribution in [3.63, 3.8) is 0 Å². The highest BCUT2D eigenvalue weighted by molar-refractivity contribution is 5.95. The quantitative estimate of drug-likeness (QED) is 0.491. The molecule has 0 spiro atoms. The highest BCUT2D eigenvalue weighted by Gasteiger charge is 2.31. The van der Waals surface area contributed by atoms with Crippen LogP contribution in [0.2, 0.25) is 0 Å². The Hall–Kier alpha value is -3.55. The standard InChI is InChI=1S/C24H25FN6O/c1-15(2)21-27-28-22-18-9-5-7-11-20(18)26-24(31(21)22)29-12-13-30(16(3)14-29)23(32)17-8-4-6-10-19(17)25/h4-11,15-16H,12-14H2,1-3H3. The molecule has 4 aromatic rings. The molecule has 0 bridgehead atoms. The molecular weight excluding hydrogens is 407 g/mol. The van der Waals surface area contributed by atoms with Crippen molar-refractivity contribution < 1.29 is 9.18 Å². The fraction of sp³-hybridized carbons (Fsp3) is 0.333. The third kappa shape index (κ3) is 3.26. The smallest absolute Gasteiger partial charge is 0.257 e. The summed E-state index contributed by atoms with van der Waals surface area (Å²) in [5, 5.41) is 9.88. The molecule has 1 atom stereocenters. The van der Waals surface area contributed by atoms with Gasteiger partial charge in [-0.2, -0.15) is 0 Å². The molecule has 32 heavy (non-hydrogen) atoms. The fourth-order valence-electron chi connectivity index (χ4n) is 4.40. The van der Waals surface area contributed by atoms with Crippen LogP contribution in [0.15, 0.2) is 48.5 Å². The summed E-state index contributed by atoms with van der Waals surface area (Å²) in [7, 11) is 0. The lowest BCUT2D eigenvalue weighted by Crippen LogP contribution is -2.54. The van der Waals surface area contributed by atoms with Gasteiger partial charge < -0.3 is 9.80 Å². The number of para-hydroxylation sites is 1. The highest BCUT2D eigenvalue weighted by atomic mass is 19.1. The molecule has 0 radical (unpaired) electrons. The van der Waals surface area contributed by atoms with Crippen molar-refractivity contribution in [2.45, 2.75) is 32.7 Å². The molecule has 0 N–H and O–H groups in total. The SMILES string of the molecule is CC(C)c1nnc2c3ccccc3nc(N3CCN(C(=O)c4ccccc4F)C(C)C3)n12. The Bertz CT molecular complexity index is 1320. The number of carbonyl (C=O) groups is 1. The molecule has 1 fully saturated rings. The summed E-state index contributed by atoms with van der Waals surface area (Å²) in [5.74, 6) is 1.03. The summed E-state index contributed by atoms with van der Waals surface area (Å²) < 4.78 is 16.2. The van der Waals surface area contributed by atoms with Gasteiger partial charge in [0, 0.05) is 37.0 Å². The number of amides is 1. The number of halogens is 1. The Labute approximate surface area is 185 Å². The van der Waals surface area contributed by atoms with E-state index in [9.17, 15) is 9.18 Å². The van der Waals surface area contributed by atoms with Crippen molar-refractivity contribution in [3.8, 4) is 0 Å². The van der Waals surface area contributed by atoms with Gasteiger partial charge >= 0.3 is 0 Å². The molecule has 0 aliphatic carbocycles. The lowest BCUT2D eigenvalue weighted by Gasteiger charge is -2.40. The van der Waals surface area contributed by atoms with E-state index in [1.54, 1.807) is 17.0 Å². The summed E-state index contributed by atoms with van der Waals surface area (Å²) in [5.41, 5.74) is 1.75. The van der Waals surface area contributed by atoms with Crippen molar-refractivity contribution in [1.29, 1.82) is 0 Å². The Morgan fingerprint density at radius 1 is 1.06 bits per heavy atom. The zero-order valence-electron chi connectivity index (χ0n) is 18.4. The maximum Gasteiger partial charge on any atom is 0.257 e. The average Bonchev–Trinajstić information content (AvgIpc) is 3.24. The zero-order valence-corrected chi connectivity index (χ0v) is 18.4. The monoisotopic (exact) mass is 432 g/mol. The molecule has 2 aromatic carbocycles. The van der Waals surface area contributed by atoms with E-state index in [1.165, 1.54) is 12.1 Å².